The number of nitro benzene ring substituents is 1. The predicted molar refractivity (Wildman–Crippen MR) is 73.9 cm³/mol. The van der Waals surface area contributed by atoms with Crippen LogP contribution >= 0.6 is 0 Å². The van der Waals surface area contributed by atoms with E-state index in [-0.39, 0.29) is 11.4 Å². The van der Waals surface area contributed by atoms with Gasteiger partial charge in [-0.15, -0.1) is 0 Å². The zero-order valence-corrected chi connectivity index (χ0v) is 11.7. The average Bonchev–Trinajstić information content (AvgIpc) is 2.91. The predicted octanol–water partition coefficient (Wildman–Crippen LogP) is 1.02. The van der Waals surface area contributed by atoms with Crippen molar-refractivity contribution >= 4 is 15.7 Å². The van der Waals surface area contributed by atoms with Crippen molar-refractivity contribution in [2.45, 2.75) is 30.2 Å². The molecule has 0 unspecified atom stereocenters. The molecule has 0 radical (unpaired) electrons. The van der Waals surface area contributed by atoms with E-state index in [9.17, 15) is 18.5 Å². The van der Waals surface area contributed by atoms with Crippen molar-refractivity contribution in [3.8, 4) is 0 Å². The van der Waals surface area contributed by atoms with Gasteiger partial charge >= 0.3 is 0 Å². The number of hydrogen-bond acceptors (Lipinski definition) is 5. The van der Waals surface area contributed by atoms with Gasteiger partial charge in [-0.05, 0) is 31.9 Å². The van der Waals surface area contributed by atoms with Crippen molar-refractivity contribution in [1.82, 2.24) is 10.0 Å². The number of sulfonamides is 1. The van der Waals surface area contributed by atoms with Crippen molar-refractivity contribution in [1.29, 1.82) is 0 Å². The summed E-state index contributed by atoms with van der Waals surface area (Å²) in [5.41, 5.74) is -0.404. The smallest absolute Gasteiger partial charge is 0.289 e. The first-order chi connectivity index (χ1) is 9.50. The molecule has 0 aliphatic carbocycles. The lowest BCUT2D eigenvalue weighted by atomic mass is 10.2. The highest BCUT2D eigenvalue weighted by molar-refractivity contribution is 7.89. The molecule has 2 rings (SSSR count). The maximum absolute atomic E-state index is 12.1. The lowest BCUT2D eigenvalue weighted by Crippen LogP contribution is -2.30. The molecule has 0 spiro atoms. The van der Waals surface area contributed by atoms with Gasteiger partial charge in [0.2, 0.25) is 10.0 Å². The summed E-state index contributed by atoms with van der Waals surface area (Å²) < 4.78 is 26.6. The minimum Gasteiger partial charge on any atom is -0.314 e. The first-order valence-corrected chi connectivity index (χ1v) is 7.95. The van der Waals surface area contributed by atoms with E-state index in [0.29, 0.717) is 12.5 Å². The molecule has 1 aliphatic rings. The van der Waals surface area contributed by atoms with E-state index >= 15 is 0 Å². The topological polar surface area (TPSA) is 101 Å². The Kier molecular flexibility index (Phi) is 4.69. The third-order valence-electron chi connectivity index (χ3n) is 3.30. The van der Waals surface area contributed by atoms with Crippen molar-refractivity contribution in [3.05, 3.63) is 34.4 Å². The molecule has 1 saturated heterocycles. The van der Waals surface area contributed by atoms with Crippen LogP contribution in [-0.2, 0) is 10.0 Å². The molecule has 7 nitrogen and oxygen atoms in total. The van der Waals surface area contributed by atoms with Crippen LogP contribution in [0.2, 0.25) is 0 Å². The third kappa shape index (κ3) is 3.53. The summed E-state index contributed by atoms with van der Waals surface area (Å²) in [7, 11) is -3.85. The van der Waals surface area contributed by atoms with E-state index in [1.54, 1.807) is 0 Å². The van der Waals surface area contributed by atoms with Gasteiger partial charge in [0.15, 0.2) is 4.90 Å². The number of nitrogens with zero attached hydrogens (tertiary/aromatic N) is 1. The number of para-hydroxylation sites is 1. The van der Waals surface area contributed by atoms with Crippen molar-refractivity contribution in [2.24, 2.45) is 0 Å². The second-order valence-electron chi connectivity index (χ2n) is 4.70. The van der Waals surface area contributed by atoms with Gasteiger partial charge in [0, 0.05) is 18.7 Å². The fraction of sp³-hybridized carbons (Fsp3) is 0.500. The summed E-state index contributed by atoms with van der Waals surface area (Å²) in [6.45, 7) is 1.23. The van der Waals surface area contributed by atoms with E-state index < -0.39 is 20.6 Å². The second kappa shape index (κ2) is 6.29. The van der Waals surface area contributed by atoms with Crippen LogP contribution < -0.4 is 10.0 Å². The fourth-order valence-corrected chi connectivity index (χ4v) is 3.50. The molecule has 1 atom stereocenters. The van der Waals surface area contributed by atoms with E-state index in [1.807, 2.05) is 0 Å². The van der Waals surface area contributed by atoms with Crippen molar-refractivity contribution < 1.29 is 13.3 Å². The number of rotatable bonds is 6. The molecular formula is C12H17N3O4S. The lowest BCUT2D eigenvalue weighted by molar-refractivity contribution is -0.387. The highest BCUT2D eigenvalue weighted by atomic mass is 32.2. The highest BCUT2D eigenvalue weighted by Gasteiger charge is 2.25. The number of nitro groups is 1. The Morgan fingerprint density at radius 1 is 1.40 bits per heavy atom. The van der Waals surface area contributed by atoms with E-state index in [4.69, 9.17) is 0 Å². The number of hydrogen-bond donors (Lipinski definition) is 2. The number of benzene rings is 1. The molecule has 110 valence electrons. The summed E-state index contributed by atoms with van der Waals surface area (Å²) in [5, 5.41) is 14.1. The third-order valence-corrected chi connectivity index (χ3v) is 4.81. The summed E-state index contributed by atoms with van der Waals surface area (Å²) in [5.74, 6) is 0. The summed E-state index contributed by atoms with van der Waals surface area (Å²) in [6.07, 6.45) is 2.81. The molecule has 2 N–H and O–H groups in total. The Bertz CT molecular complexity index is 582. The first kappa shape index (κ1) is 14.9. The van der Waals surface area contributed by atoms with Crippen LogP contribution in [0.5, 0.6) is 0 Å². The highest BCUT2D eigenvalue weighted by Crippen LogP contribution is 2.22. The molecule has 1 heterocycles. The first-order valence-electron chi connectivity index (χ1n) is 6.47. The quantitative estimate of drug-likeness (QED) is 0.603. The minimum atomic E-state index is -3.85. The van der Waals surface area contributed by atoms with Gasteiger partial charge in [-0.1, -0.05) is 12.1 Å². The van der Waals surface area contributed by atoms with Crippen LogP contribution in [0.15, 0.2) is 29.2 Å². The SMILES string of the molecule is O=[N+]([O-])c1ccccc1S(=O)(=O)NCC[C@H]1CCCN1. The van der Waals surface area contributed by atoms with Crippen LogP contribution in [0.1, 0.15) is 19.3 Å². The maximum atomic E-state index is 12.1. The van der Waals surface area contributed by atoms with Gasteiger partial charge in [0.05, 0.1) is 4.92 Å². The Morgan fingerprint density at radius 2 is 2.15 bits per heavy atom. The second-order valence-corrected chi connectivity index (χ2v) is 6.44. The van der Waals surface area contributed by atoms with Crippen LogP contribution in [0.25, 0.3) is 0 Å². The molecule has 1 fully saturated rings. The van der Waals surface area contributed by atoms with Crippen LogP contribution in [0.3, 0.4) is 0 Å². The Labute approximate surface area is 117 Å². The molecule has 0 aromatic heterocycles. The Hall–Kier alpha value is -1.51. The van der Waals surface area contributed by atoms with Gasteiger partial charge in [-0.25, -0.2) is 13.1 Å². The minimum absolute atomic E-state index is 0.270. The molecule has 0 saturated carbocycles. The molecule has 0 amide bonds. The Balaban J connectivity index is 2.04. The normalized spacial score (nSPS) is 19.1. The van der Waals surface area contributed by atoms with E-state index in [1.165, 1.54) is 24.3 Å². The largest absolute Gasteiger partial charge is 0.314 e. The molecule has 0 bridgehead atoms. The molecular weight excluding hydrogens is 282 g/mol. The van der Waals surface area contributed by atoms with Gasteiger partial charge in [-0.3, -0.25) is 10.1 Å². The van der Waals surface area contributed by atoms with E-state index in [0.717, 1.165) is 19.4 Å². The molecule has 1 aromatic carbocycles. The lowest BCUT2D eigenvalue weighted by Gasteiger charge is -2.11. The van der Waals surface area contributed by atoms with Gasteiger partial charge < -0.3 is 5.32 Å². The van der Waals surface area contributed by atoms with Gasteiger partial charge in [-0.2, -0.15) is 0 Å². The monoisotopic (exact) mass is 299 g/mol. The van der Waals surface area contributed by atoms with Crippen molar-refractivity contribution in [2.75, 3.05) is 13.1 Å². The van der Waals surface area contributed by atoms with Gasteiger partial charge in [0.1, 0.15) is 0 Å². The maximum Gasteiger partial charge on any atom is 0.289 e. The Morgan fingerprint density at radius 3 is 2.80 bits per heavy atom. The van der Waals surface area contributed by atoms with Crippen LogP contribution in [0, 0.1) is 10.1 Å². The fourth-order valence-electron chi connectivity index (χ4n) is 2.28. The zero-order valence-electron chi connectivity index (χ0n) is 10.9. The standard InChI is InChI=1S/C12H17N3O4S/c16-15(17)11-5-1-2-6-12(11)20(18,19)14-9-7-10-4-3-8-13-10/h1-2,5-6,10,13-14H,3-4,7-9H2/t10-/m1/s1. The zero-order chi connectivity index (χ0) is 14.6. The summed E-state index contributed by atoms with van der Waals surface area (Å²) >= 11 is 0. The summed E-state index contributed by atoms with van der Waals surface area (Å²) in [6, 6.07) is 5.67. The molecule has 1 aliphatic heterocycles. The molecule has 1 aromatic rings. The molecule has 20 heavy (non-hydrogen) atoms. The molecule has 8 heteroatoms. The van der Waals surface area contributed by atoms with E-state index in [2.05, 4.69) is 10.0 Å². The number of nitrogens with one attached hydrogen (secondary N) is 2. The van der Waals surface area contributed by atoms with Gasteiger partial charge in [0.25, 0.3) is 5.69 Å². The van der Waals surface area contributed by atoms with Crippen molar-refractivity contribution in [3.63, 3.8) is 0 Å². The van der Waals surface area contributed by atoms with Crippen LogP contribution in [0.4, 0.5) is 5.69 Å². The van der Waals surface area contributed by atoms with Crippen LogP contribution in [-0.4, -0.2) is 32.5 Å². The summed E-state index contributed by atoms with van der Waals surface area (Å²) in [4.78, 5) is 9.88. The average molecular weight is 299 g/mol.